The van der Waals surface area contributed by atoms with Gasteiger partial charge >= 0.3 is 0 Å². The molecule has 2 rings (SSSR count). The zero-order chi connectivity index (χ0) is 13.1. The minimum Gasteiger partial charge on any atom is -0.392 e. The SMILES string of the molecule is Cc1ccc(C)c(NC(=O)CN2CC[C@H](O)C2)c1. The number of aryl methyl sites for hydroxylation is 2. The number of nitrogens with one attached hydrogen (secondary N) is 1. The first-order chi connectivity index (χ1) is 8.54. The van der Waals surface area contributed by atoms with E-state index in [9.17, 15) is 9.90 Å². The first-order valence-corrected chi connectivity index (χ1v) is 6.32. The average Bonchev–Trinajstić information content (AvgIpc) is 2.69. The van der Waals surface area contributed by atoms with Crippen LogP contribution in [0.4, 0.5) is 5.69 Å². The van der Waals surface area contributed by atoms with Crippen molar-refractivity contribution in [2.45, 2.75) is 26.4 Å². The number of hydrogen-bond donors (Lipinski definition) is 2. The monoisotopic (exact) mass is 248 g/mol. The summed E-state index contributed by atoms with van der Waals surface area (Å²) >= 11 is 0. The van der Waals surface area contributed by atoms with Crippen LogP contribution in [-0.2, 0) is 4.79 Å². The molecule has 1 aromatic rings. The lowest BCUT2D eigenvalue weighted by Crippen LogP contribution is -2.32. The fraction of sp³-hybridized carbons (Fsp3) is 0.500. The van der Waals surface area contributed by atoms with E-state index in [1.165, 1.54) is 0 Å². The number of hydrogen-bond acceptors (Lipinski definition) is 3. The number of likely N-dealkylation sites (tertiary alicyclic amines) is 1. The Morgan fingerprint density at radius 2 is 2.28 bits per heavy atom. The van der Waals surface area contributed by atoms with Crippen molar-refractivity contribution in [2.75, 3.05) is 25.0 Å². The first kappa shape index (κ1) is 13.1. The van der Waals surface area contributed by atoms with Crippen molar-refractivity contribution in [3.05, 3.63) is 29.3 Å². The quantitative estimate of drug-likeness (QED) is 0.848. The Labute approximate surface area is 108 Å². The van der Waals surface area contributed by atoms with Gasteiger partial charge in [-0.2, -0.15) is 0 Å². The van der Waals surface area contributed by atoms with Crippen molar-refractivity contribution >= 4 is 11.6 Å². The molecule has 1 atom stereocenters. The molecule has 1 amide bonds. The molecule has 1 aliphatic heterocycles. The predicted molar refractivity (Wildman–Crippen MR) is 71.6 cm³/mol. The van der Waals surface area contributed by atoms with Crippen LogP contribution in [0.1, 0.15) is 17.5 Å². The molecule has 0 spiro atoms. The Balaban J connectivity index is 1.92. The highest BCUT2D eigenvalue weighted by atomic mass is 16.3. The van der Waals surface area contributed by atoms with Crippen LogP contribution in [0.5, 0.6) is 0 Å². The van der Waals surface area contributed by atoms with E-state index in [2.05, 4.69) is 5.32 Å². The summed E-state index contributed by atoms with van der Waals surface area (Å²) in [7, 11) is 0. The number of rotatable bonds is 3. The molecule has 1 aliphatic rings. The smallest absolute Gasteiger partial charge is 0.238 e. The third kappa shape index (κ3) is 3.31. The molecule has 0 radical (unpaired) electrons. The van der Waals surface area contributed by atoms with Gasteiger partial charge in [-0.05, 0) is 37.5 Å². The van der Waals surface area contributed by atoms with Crippen LogP contribution in [0.25, 0.3) is 0 Å². The maximum Gasteiger partial charge on any atom is 0.238 e. The molecule has 0 aliphatic carbocycles. The van der Waals surface area contributed by atoms with E-state index in [0.717, 1.165) is 29.8 Å². The average molecular weight is 248 g/mol. The maximum absolute atomic E-state index is 11.9. The molecule has 0 bridgehead atoms. The summed E-state index contributed by atoms with van der Waals surface area (Å²) in [6.45, 7) is 5.73. The first-order valence-electron chi connectivity index (χ1n) is 6.32. The number of amides is 1. The van der Waals surface area contributed by atoms with E-state index in [1.807, 2.05) is 36.9 Å². The highest BCUT2D eigenvalue weighted by Gasteiger charge is 2.22. The van der Waals surface area contributed by atoms with Crippen LogP contribution in [0, 0.1) is 13.8 Å². The van der Waals surface area contributed by atoms with Gasteiger partial charge in [-0.1, -0.05) is 12.1 Å². The molecule has 0 aromatic heterocycles. The molecule has 98 valence electrons. The van der Waals surface area contributed by atoms with Gasteiger partial charge in [0, 0.05) is 18.8 Å². The van der Waals surface area contributed by atoms with E-state index in [4.69, 9.17) is 0 Å². The molecule has 1 saturated heterocycles. The van der Waals surface area contributed by atoms with Gasteiger partial charge in [0.15, 0.2) is 0 Å². The van der Waals surface area contributed by atoms with E-state index in [0.29, 0.717) is 13.1 Å². The third-order valence-electron chi connectivity index (χ3n) is 3.28. The van der Waals surface area contributed by atoms with E-state index >= 15 is 0 Å². The molecule has 4 heteroatoms. The number of benzene rings is 1. The van der Waals surface area contributed by atoms with Gasteiger partial charge in [0.05, 0.1) is 12.6 Å². The van der Waals surface area contributed by atoms with Gasteiger partial charge in [-0.15, -0.1) is 0 Å². The molecule has 1 aromatic carbocycles. The topological polar surface area (TPSA) is 52.6 Å². The minimum absolute atomic E-state index is 0.0159. The highest BCUT2D eigenvalue weighted by molar-refractivity contribution is 5.93. The van der Waals surface area contributed by atoms with Gasteiger partial charge in [0.1, 0.15) is 0 Å². The van der Waals surface area contributed by atoms with Gasteiger partial charge in [0.2, 0.25) is 5.91 Å². The Bertz CT molecular complexity index is 445. The third-order valence-corrected chi connectivity index (χ3v) is 3.28. The lowest BCUT2D eigenvalue weighted by atomic mass is 10.1. The summed E-state index contributed by atoms with van der Waals surface area (Å²) in [6, 6.07) is 6.01. The van der Waals surface area contributed by atoms with Gasteiger partial charge in [0.25, 0.3) is 0 Å². The number of β-amino-alcohol motifs (C(OH)–C–C–N with tert-alkyl or cyclic N) is 1. The van der Waals surface area contributed by atoms with Crippen molar-refractivity contribution in [1.29, 1.82) is 0 Å². The van der Waals surface area contributed by atoms with Crippen LogP contribution >= 0.6 is 0 Å². The molecule has 4 nitrogen and oxygen atoms in total. The van der Waals surface area contributed by atoms with Crippen molar-refractivity contribution in [2.24, 2.45) is 0 Å². The van der Waals surface area contributed by atoms with Crippen molar-refractivity contribution in [1.82, 2.24) is 4.90 Å². The van der Waals surface area contributed by atoms with Gasteiger partial charge in [-0.25, -0.2) is 0 Å². The van der Waals surface area contributed by atoms with Crippen LogP contribution in [0.15, 0.2) is 18.2 Å². The number of anilines is 1. The summed E-state index contributed by atoms with van der Waals surface area (Å²) in [4.78, 5) is 13.9. The Kier molecular flexibility index (Phi) is 3.99. The van der Waals surface area contributed by atoms with E-state index in [-0.39, 0.29) is 12.0 Å². The lowest BCUT2D eigenvalue weighted by molar-refractivity contribution is -0.117. The number of aliphatic hydroxyl groups is 1. The van der Waals surface area contributed by atoms with Crippen LogP contribution < -0.4 is 5.32 Å². The lowest BCUT2D eigenvalue weighted by Gasteiger charge is -2.15. The second-order valence-electron chi connectivity index (χ2n) is 5.04. The highest BCUT2D eigenvalue weighted by Crippen LogP contribution is 2.16. The molecule has 18 heavy (non-hydrogen) atoms. The molecular weight excluding hydrogens is 228 g/mol. The summed E-state index contributed by atoms with van der Waals surface area (Å²) in [5.74, 6) is -0.0159. The van der Waals surface area contributed by atoms with Crippen LogP contribution in [0.3, 0.4) is 0 Å². The number of nitrogens with zero attached hydrogens (tertiary/aromatic N) is 1. The standard InChI is InChI=1S/C14H20N2O2/c1-10-3-4-11(2)13(7-10)15-14(18)9-16-6-5-12(17)8-16/h3-4,7,12,17H,5-6,8-9H2,1-2H3,(H,15,18)/t12-/m0/s1. The summed E-state index contributed by atoms with van der Waals surface area (Å²) < 4.78 is 0. The Morgan fingerprint density at radius 3 is 2.94 bits per heavy atom. The van der Waals surface area contributed by atoms with Crippen LogP contribution in [0.2, 0.25) is 0 Å². The predicted octanol–water partition coefficient (Wildman–Crippen LogP) is 1.31. The molecule has 0 saturated carbocycles. The van der Waals surface area contributed by atoms with Crippen molar-refractivity contribution in [3.63, 3.8) is 0 Å². The second kappa shape index (κ2) is 5.50. The largest absolute Gasteiger partial charge is 0.392 e. The Hall–Kier alpha value is -1.39. The molecule has 0 unspecified atom stereocenters. The van der Waals surface area contributed by atoms with E-state index < -0.39 is 0 Å². The summed E-state index contributed by atoms with van der Waals surface area (Å²) in [5.41, 5.74) is 3.07. The normalized spacial score (nSPS) is 20.1. The molecule has 2 N–H and O–H groups in total. The van der Waals surface area contributed by atoms with Crippen molar-refractivity contribution in [3.8, 4) is 0 Å². The zero-order valence-corrected chi connectivity index (χ0v) is 10.9. The number of carbonyl (C=O) groups is 1. The van der Waals surface area contributed by atoms with E-state index in [1.54, 1.807) is 0 Å². The number of carbonyl (C=O) groups excluding carboxylic acids is 1. The van der Waals surface area contributed by atoms with Gasteiger partial charge in [-0.3, -0.25) is 9.69 Å². The van der Waals surface area contributed by atoms with Crippen molar-refractivity contribution < 1.29 is 9.90 Å². The maximum atomic E-state index is 11.9. The van der Waals surface area contributed by atoms with Crippen LogP contribution in [-0.4, -0.2) is 41.7 Å². The summed E-state index contributed by atoms with van der Waals surface area (Å²) in [6.07, 6.45) is 0.482. The molecule has 1 heterocycles. The minimum atomic E-state index is -0.279. The molecular formula is C14H20N2O2. The summed E-state index contributed by atoms with van der Waals surface area (Å²) in [5, 5.41) is 12.3. The molecule has 1 fully saturated rings. The Morgan fingerprint density at radius 1 is 1.50 bits per heavy atom. The number of aliphatic hydroxyl groups excluding tert-OH is 1. The zero-order valence-electron chi connectivity index (χ0n) is 10.9. The van der Waals surface area contributed by atoms with Gasteiger partial charge < -0.3 is 10.4 Å². The fourth-order valence-corrected chi connectivity index (χ4v) is 2.22. The second-order valence-corrected chi connectivity index (χ2v) is 5.04. The fourth-order valence-electron chi connectivity index (χ4n) is 2.22.